The number of nitrogens with zero attached hydrogens (tertiary/aromatic N) is 1. The molecular weight excluding hydrogens is 412 g/mol. The summed E-state index contributed by atoms with van der Waals surface area (Å²) in [6.07, 6.45) is 1.56. The van der Waals surface area contributed by atoms with Gasteiger partial charge in [-0.3, -0.25) is 4.79 Å². The van der Waals surface area contributed by atoms with Crippen molar-refractivity contribution < 1.29 is 9.53 Å². The fraction of sp³-hybridized carbons (Fsp3) is 0.125. The molecule has 4 nitrogen and oxygen atoms in total. The molecule has 0 spiro atoms. The zero-order valence-electron chi connectivity index (χ0n) is 11.8. The Morgan fingerprint density at radius 3 is 2.73 bits per heavy atom. The molecule has 1 N–H and O–H groups in total. The Bertz CT molecular complexity index is 702. The molecule has 0 aromatic heterocycles. The van der Waals surface area contributed by atoms with E-state index in [4.69, 9.17) is 4.74 Å². The number of nitrogens with one attached hydrogen (secondary N) is 1. The quantitative estimate of drug-likeness (QED) is 0.571. The lowest BCUT2D eigenvalue weighted by Crippen LogP contribution is -2.17. The van der Waals surface area contributed by atoms with Gasteiger partial charge in [-0.25, -0.2) is 5.43 Å². The maximum absolute atomic E-state index is 12.0. The van der Waals surface area contributed by atoms with E-state index in [2.05, 4.69) is 42.4 Å². The van der Waals surface area contributed by atoms with Crippen molar-refractivity contribution in [1.82, 2.24) is 5.43 Å². The van der Waals surface area contributed by atoms with E-state index >= 15 is 0 Å². The summed E-state index contributed by atoms with van der Waals surface area (Å²) in [5.41, 5.74) is 3.82. The highest BCUT2D eigenvalue weighted by molar-refractivity contribution is 9.10. The highest BCUT2D eigenvalue weighted by Crippen LogP contribution is 2.21. The van der Waals surface area contributed by atoms with Crippen molar-refractivity contribution in [3.05, 3.63) is 62.5 Å². The number of hydrazone groups is 1. The molecule has 0 aliphatic carbocycles. The minimum atomic E-state index is -0.273. The first kappa shape index (κ1) is 16.7. The number of ether oxygens (including phenoxy) is 1. The minimum Gasteiger partial charge on any atom is -0.493 e. The van der Waals surface area contributed by atoms with Crippen molar-refractivity contribution in [2.45, 2.75) is 6.92 Å². The van der Waals surface area contributed by atoms with Gasteiger partial charge in [-0.2, -0.15) is 5.10 Å². The third-order valence-corrected chi connectivity index (χ3v) is 3.71. The average Bonchev–Trinajstić information content (AvgIpc) is 2.50. The number of amides is 1. The number of hydrogen-bond acceptors (Lipinski definition) is 3. The third-order valence-electron chi connectivity index (χ3n) is 2.73. The second-order valence-corrected chi connectivity index (χ2v) is 6.16. The number of rotatable bonds is 5. The molecule has 0 bridgehead atoms. The molecule has 0 radical (unpaired) electrons. The van der Waals surface area contributed by atoms with Crippen LogP contribution in [0.4, 0.5) is 0 Å². The molecule has 114 valence electrons. The minimum absolute atomic E-state index is 0.273. The Balaban J connectivity index is 2.09. The van der Waals surface area contributed by atoms with Crippen molar-refractivity contribution in [2.75, 3.05) is 6.61 Å². The van der Waals surface area contributed by atoms with E-state index in [1.165, 1.54) is 0 Å². The summed E-state index contributed by atoms with van der Waals surface area (Å²) in [5, 5.41) is 3.99. The summed E-state index contributed by atoms with van der Waals surface area (Å²) in [5.74, 6) is 0.441. The smallest absolute Gasteiger partial charge is 0.271 e. The van der Waals surface area contributed by atoms with E-state index < -0.39 is 0 Å². The van der Waals surface area contributed by atoms with Crippen LogP contribution in [0.3, 0.4) is 0 Å². The maximum Gasteiger partial charge on any atom is 0.271 e. The first-order valence-corrected chi connectivity index (χ1v) is 8.20. The molecule has 0 unspecified atom stereocenters. The molecule has 0 saturated carbocycles. The topological polar surface area (TPSA) is 50.7 Å². The molecular formula is C16H14Br2N2O2. The van der Waals surface area contributed by atoms with Crippen LogP contribution in [0.1, 0.15) is 22.8 Å². The lowest BCUT2D eigenvalue weighted by molar-refractivity contribution is 0.0955. The van der Waals surface area contributed by atoms with E-state index in [0.29, 0.717) is 17.9 Å². The van der Waals surface area contributed by atoms with Gasteiger partial charge in [-0.05, 0) is 43.3 Å². The van der Waals surface area contributed by atoms with Crippen molar-refractivity contribution in [3.63, 3.8) is 0 Å². The number of carbonyl (C=O) groups excluding carboxylic acids is 1. The van der Waals surface area contributed by atoms with Gasteiger partial charge in [0.1, 0.15) is 5.75 Å². The highest BCUT2D eigenvalue weighted by Gasteiger charge is 2.05. The lowest BCUT2D eigenvalue weighted by atomic mass is 10.2. The normalized spacial score (nSPS) is 10.7. The number of benzene rings is 2. The first-order chi connectivity index (χ1) is 10.6. The van der Waals surface area contributed by atoms with Crippen molar-refractivity contribution in [1.29, 1.82) is 0 Å². The Morgan fingerprint density at radius 2 is 2.00 bits per heavy atom. The predicted octanol–water partition coefficient (Wildman–Crippen LogP) is 4.37. The van der Waals surface area contributed by atoms with Gasteiger partial charge in [0.2, 0.25) is 0 Å². The Hall–Kier alpha value is -1.66. The van der Waals surface area contributed by atoms with Crippen LogP contribution in [0.15, 0.2) is 56.5 Å². The largest absolute Gasteiger partial charge is 0.493 e. The molecule has 0 aliphatic rings. The van der Waals surface area contributed by atoms with Gasteiger partial charge in [0, 0.05) is 20.1 Å². The van der Waals surface area contributed by atoms with Crippen LogP contribution >= 0.6 is 31.9 Å². The van der Waals surface area contributed by atoms with Crippen molar-refractivity contribution in [3.8, 4) is 5.75 Å². The molecule has 0 saturated heterocycles. The molecule has 2 rings (SSSR count). The van der Waals surface area contributed by atoms with Crippen LogP contribution in [0.5, 0.6) is 5.75 Å². The van der Waals surface area contributed by atoms with E-state index in [1.807, 2.05) is 31.2 Å². The summed E-state index contributed by atoms with van der Waals surface area (Å²) in [4.78, 5) is 12.0. The monoisotopic (exact) mass is 424 g/mol. The van der Waals surface area contributed by atoms with E-state index in [1.54, 1.807) is 24.4 Å². The summed E-state index contributed by atoms with van der Waals surface area (Å²) in [6.45, 7) is 2.48. The molecule has 2 aromatic rings. The van der Waals surface area contributed by atoms with Gasteiger partial charge < -0.3 is 4.74 Å². The zero-order valence-corrected chi connectivity index (χ0v) is 15.0. The van der Waals surface area contributed by atoms with Gasteiger partial charge in [-0.15, -0.1) is 0 Å². The summed E-state index contributed by atoms with van der Waals surface area (Å²) in [6, 6.07) is 12.7. The number of carbonyl (C=O) groups is 1. The van der Waals surface area contributed by atoms with Gasteiger partial charge in [0.25, 0.3) is 5.91 Å². The van der Waals surface area contributed by atoms with Crippen LogP contribution in [0.2, 0.25) is 0 Å². The van der Waals surface area contributed by atoms with Gasteiger partial charge >= 0.3 is 0 Å². The predicted molar refractivity (Wildman–Crippen MR) is 94.5 cm³/mol. The number of hydrogen-bond donors (Lipinski definition) is 1. The molecule has 0 fully saturated rings. The van der Waals surface area contributed by atoms with Crippen LogP contribution in [0, 0.1) is 0 Å². The Kier molecular flexibility index (Phi) is 6.15. The maximum atomic E-state index is 12.0. The van der Waals surface area contributed by atoms with Crippen molar-refractivity contribution in [2.24, 2.45) is 5.10 Å². The number of halogens is 2. The second-order valence-electron chi connectivity index (χ2n) is 4.32. The molecule has 22 heavy (non-hydrogen) atoms. The molecule has 0 aliphatic heterocycles. The molecule has 0 heterocycles. The SMILES string of the molecule is CCOc1ccc(Br)cc1C=NNC(=O)c1cccc(Br)c1. The fourth-order valence-electron chi connectivity index (χ4n) is 1.76. The van der Waals surface area contributed by atoms with Crippen LogP contribution in [-0.4, -0.2) is 18.7 Å². The van der Waals surface area contributed by atoms with Gasteiger partial charge in [0.05, 0.1) is 12.8 Å². The molecule has 6 heteroatoms. The average molecular weight is 426 g/mol. The van der Waals surface area contributed by atoms with Crippen LogP contribution < -0.4 is 10.2 Å². The first-order valence-electron chi connectivity index (χ1n) is 6.61. The molecule has 1 amide bonds. The Labute approximate surface area is 145 Å². The lowest BCUT2D eigenvalue weighted by Gasteiger charge is -2.07. The molecule has 0 atom stereocenters. The van der Waals surface area contributed by atoms with E-state index in [0.717, 1.165) is 14.5 Å². The fourth-order valence-corrected chi connectivity index (χ4v) is 2.54. The van der Waals surface area contributed by atoms with Crippen LogP contribution in [-0.2, 0) is 0 Å². The zero-order chi connectivity index (χ0) is 15.9. The summed E-state index contributed by atoms with van der Waals surface area (Å²) in [7, 11) is 0. The van der Waals surface area contributed by atoms with E-state index in [-0.39, 0.29) is 5.91 Å². The van der Waals surface area contributed by atoms with Crippen LogP contribution in [0.25, 0.3) is 0 Å². The van der Waals surface area contributed by atoms with Gasteiger partial charge in [-0.1, -0.05) is 37.9 Å². The van der Waals surface area contributed by atoms with Gasteiger partial charge in [0.15, 0.2) is 0 Å². The van der Waals surface area contributed by atoms with Crippen molar-refractivity contribution >= 4 is 44.0 Å². The Morgan fingerprint density at radius 1 is 1.23 bits per heavy atom. The summed E-state index contributed by atoms with van der Waals surface area (Å²) < 4.78 is 7.27. The summed E-state index contributed by atoms with van der Waals surface area (Å²) >= 11 is 6.73. The second kappa shape index (κ2) is 8.10. The standard InChI is InChI=1S/C16H14Br2N2O2/c1-2-22-15-7-6-14(18)9-12(15)10-19-20-16(21)11-4-3-5-13(17)8-11/h3-10H,2H2,1H3,(H,20,21). The third kappa shape index (κ3) is 4.68. The molecule has 2 aromatic carbocycles. The highest BCUT2D eigenvalue weighted by atomic mass is 79.9. The van der Waals surface area contributed by atoms with E-state index in [9.17, 15) is 4.79 Å².